The van der Waals surface area contributed by atoms with E-state index in [1.54, 1.807) is 0 Å². The van der Waals surface area contributed by atoms with Crippen molar-refractivity contribution in [2.24, 2.45) is 0 Å². The molecule has 0 unspecified atom stereocenters. The van der Waals surface area contributed by atoms with Crippen molar-refractivity contribution in [3.05, 3.63) is 336 Å². The van der Waals surface area contributed by atoms with Crippen molar-refractivity contribution in [2.75, 3.05) is 33.7 Å². The number of benzene rings is 13. The molecule has 13 aromatic carbocycles. The summed E-state index contributed by atoms with van der Waals surface area (Å²) in [6.07, 6.45) is 9.15. The molecule has 2 heterocycles. The van der Waals surface area contributed by atoms with Crippen molar-refractivity contribution < 1.29 is 0 Å². The average Bonchev–Trinajstić information content (AvgIpc) is 0.886. The minimum Gasteiger partial charge on any atom is -0.344 e. The first-order valence-electron chi connectivity index (χ1n) is 31.3. The van der Waals surface area contributed by atoms with Gasteiger partial charge in [0.05, 0.1) is 0 Å². The van der Waals surface area contributed by atoms with Crippen LogP contribution in [0.25, 0.3) is 68.1 Å². The van der Waals surface area contributed by atoms with Gasteiger partial charge in [-0.05, 0) is 185 Å². The van der Waals surface area contributed by atoms with Gasteiger partial charge in [0, 0.05) is 81.8 Å². The summed E-state index contributed by atoms with van der Waals surface area (Å²) in [7, 11) is 4.44. The summed E-state index contributed by atoms with van der Waals surface area (Å²) in [4.78, 5) is 9.48. The van der Waals surface area contributed by atoms with Gasteiger partial charge in [-0.15, -0.1) is 0 Å². The van der Waals surface area contributed by atoms with Crippen LogP contribution in [0.5, 0.6) is 0 Å². The first-order chi connectivity index (χ1) is 44.0. The Morgan fingerprint density at radius 2 is 0.522 bits per heavy atom. The van der Waals surface area contributed by atoms with Gasteiger partial charge < -0.3 is 19.6 Å². The van der Waals surface area contributed by atoms with Crippen LogP contribution in [0, 0.1) is 0 Å². The molecule has 0 amide bonds. The highest BCUT2D eigenvalue weighted by atomic mass is 15.2. The molecular formula is C86H70N4. The van der Waals surface area contributed by atoms with Crippen LogP contribution >= 0.6 is 0 Å². The number of hydrogen-bond acceptors (Lipinski definition) is 4. The van der Waals surface area contributed by atoms with Crippen molar-refractivity contribution in [2.45, 2.75) is 38.5 Å². The molecule has 0 atom stereocenters. The Hall–Kier alpha value is -10.9. The molecule has 4 heteroatoms. The van der Waals surface area contributed by atoms with E-state index in [2.05, 4.69) is 377 Å². The Bertz CT molecular complexity index is 4510. The quantitative estimate of drug-likeness (QED) is 0.0893. The maximum absolute atomic E-state index is 2.41. The highest BCUT2D eigenvalue weighted by Gasteiger charge is 2.37. The predicted molar refractivity (Wildman–Crippen MR) is 386 cm³/mol. The van der Waals surface area contributed by atoms with E-state index in [0.717, 1.165) is 56.4 Å². The number of nitrogens with zero attached hydrogens (tertiary/aromatic N) is 4. The largest absolute Gasteiger partial charge is 0.344 e. The molecule has 0 aliphatic carbocycles. The fraction of sp³-hybridized carbons (Fsp3) is 0.0930. The van der Waals surface area contributed by atoms with Crippen LogP contribution in [0.1, 0.15) is 72.2 Å². The summed E-state index contributed by atoms with van der Waals surface area (Å²) in [6, 6.07) is 107. The molecule has 0 spiro atoms. The lowest BCUT2D eigenvalue weighted by molar-refractivity contribution is 0.629. The number of rotatable bonds is 12. The van der Waals surface area contributed by atoms with E-state index in [9.17, 15) is 0 Å². The maximum Gasteiger partial charge on any atom is 0.0482 e. The molecule has 434 valence electrons. The zero-order valence-corrected chi connectivity index (χ0v) is 51.8. The molecule has 0 bridgehead atoms. The van der Waals surface area contributed by atoms with Crippen LogP contribution in [0.15, 0.2) is 291 Å². The fourth-order valence-electron chi connectivity index (χ4n) is 14.3. The smallest absolute Gasteiger partial charge is 0.0482 e. The SMILES string of the molecule is CN1c2cc(/C=C/c3ccc4c(-c5ccccc5)c(-c5ccccc5)c5ccc(/C=C/c6ccc7c(c6)N(C)c6cc(N(c8ccccc8)c8ccccc8)ccc6C7(C)C)cc5c4c3)ccc2C(C)(C)c2ccc(N(c3ccccc3)c3ccccc3)cc21. The first-order valence-corrected chi connectivity index (χ1v) is 31.3. The third kappa shape index (κ3) is 9.82. The number of anilines is 10. The Kier molecular flexibility index (Phi) is 14.0. The van der Waals surface area contributed by atoms with Crippen LogP contribution in [0.4, 0.5) is 56.9 Å². The van der Waals surface area contributed by atoms with E-state index in [-0.39, 0.29) is 10.8 Å². The van der Waals surface area contributed by atoms with Crippen LogP contribution in [-0.4, -0.2) is 14.1 Å². The molecular weight excluding hydrogens is 1090 g/mol. The van der Waals surface area contributed by atoms with Crippen LogP contribution in [-0.2, 0) is 10.8 Å². The monoisotopic (exact) mass is 1160 g/mol. The van der Waals surface area contributed by atoms with Gasteiger partial charge in [0.2, 0.25) is 0 Å². The van der Waals surface area contributed by atoms with Gasteiger partial charge in [0.15, 0.2) is 0 Å². The van der Waals surface area contributed by atoms with Crippen molar-refractivity contribution in [3.63, 3.8) is 0 Å². The molecule has 90 heavy (non-hydrogen) atoms. The van der Waals surface area contributed by atoms with Crippen molar-refractivity contribution in [3.8, 4) is 22.3 Å². The van der Waals surface area contributed by atoms with E-state index >= 15 is 0 Å². The Labute approximate surface area is 529 Å². The summed E-state index contributed by atoms with van der Waals surface area (Å²) in [5.74, 6) is 0. The van der Waals surface area contributed by atoms with E-state index in [1.165, 1.54) is 88.8 Å². The fourth-order valence-corrected chi connectivity index (χ4v) is 14.3. The first kappa shape index (κ1) is 55.6. The van der Waals surface area contributed by atoms with Crippen LogP contribution in [0.2, 0.25) is 0 Å². The standard InChI is InChI=1S/C86H70N4/c1-85(2)75-49-43-61(55-79(75)87(5)81-57-69(45-51-77(81)85)89(65-29-17-9-18-30-65)66-31-19-10-20-32-66)39-37-59-41-47-71-73(53-59)74-54-60(42-48-72(74)84(64-27-15-8-16-28-64)83(71)63-25-13-7-14-26-63)38-40-62-44-50-76-80(56-62)88(6)82-58-70(46-52-78(82)86(76,3)4)90(67-33-21-11-22-34-67)68-35-23-12-24-36-68/h7-58H,1-6H3/b39-37+,40-38+. The number of fused-ring (bicyclic) bond motifs is 7. The number of hydrogen-bond donors (Lipinski definition) is 0. The lowest BCUT2D eigenvalue weighted by Gasteiger charge is -2.41. The Morgan fingerprint density at radius 1 is 0.256 bits per heavy atom. The van der Waals surface area contributed by atoms with Crippen molar-refractivity contribution in [1.82, 2.24) is 0 Å². The second-order valence-electron chi connectivity index (χ2n) is 25.1. The molecule has 2 aliphatic rings. The molecule has 0 N–H and O–H groups in total. The third-order valence-corrected chi connectivity index (χ3v) is 18.9. The van der Waals surface area contributed by atoms with E-state index < -0.39 is 0 Å². The van der Waals surface area contributed by atoms with E-state index in [0.29, 0.717) is 0 Å². The number of para-hydroxylation sites is 4. The van der Waals surface area contributed by atoms with Crippen molar-refractivity contribution in [1.29, 1.82) is 0 Å². The van der Waals surface area contributed by atoms with Gasteiger partial charge in [0.1, 0.15) is 0 Å². The molecule has 13 aromatic rings. The lowest BCUT2D eigenvalue weighted by Crippen LogP contribution is -2.31. The molecule has 0 saturated heterocycles. The Morgan fingerprint density at radius 3 is 0.844 bits per heavy atom. The molecule has 2 aliphatic heterocycles. The normalized spacial score (nSPS) is 13.7. The van der Waals surface area contributed by atoms with Gasteiger partial charge >= 0.3 is 0 Å². The highest BCUT2D eigenvalue weighted by molar-refractivity contribution is 6.22. The predicted octanol–water partition coefficient (Wildman–Crippen LogP) is 23.4. The minimum atomic E-state index is -0.216. The maximum atomic E-state index is 2.41. The second kappa shape index (κ2) is 22.6. The summed E-state index contributed by atoms with van der Waals surface area (Å²) in [6.45, 7) is 9.45. The van der Waals surface area contributed by atoms with Crippen molar-refractivity contribution >= 4 is 103 Å². The molecule has 0 saturated carbocycles. The molecule has 0 fully saturated rings. The van der Waals surface area contributed by atoms with E-state index in [4.69, 9.17) is 0 Å². The van der Waals surface area contributed by atoms with E-state index in [1.807, 2.05) is 0 Å². The zero-order chi connectivity index (χ0) is 61.1. The van der Waals surface area contributed by atoms with Crippen LogP contribution in [0.3, 0.4) is 0 Å². The third-order valence-electron chi connectivity index (χ3n) is 18.9. The topological polar surface area (TPSA) is 13.0 Å². The zero-order valence-electron chi connectivity index (χ0n) is 51.8. The summed E-state index contributed by atoms with van der Waals surface area (Å²) in [5, 5.41) is 4.88. The van der Waals surface area contributed by atoms with Gasteiger partial charge in [-0.3, -0.25) is 0 Å². The van der Waals surface area contributed by atoms with Gasteiger partial charge in [0.25, 0.3) is 0 Å². The molecule has 0 radical (unpaired) electrons. The summed E-state index contributed by atoms with van der Waals surface area (Å²) in [5.41, 5.74) is 25.8. The molecule has 0 aromatic heterocycles. The van der Waals surface area contributed by atoms with Gasteiger partial charge in [-0.1, -0.05) is 246 Å². The highest BCUT2D eigenvalue weighted by Crippen LogP contribution is 2.53. The van der Waals surface area contributed by atoms with Crippen LogP contribution < -0.4 is 19.6 Å². The molecule has 4 nitrogen and oxygen atoms in total. The molecule has 15 rings (SSSR count). The minimum absolute atomic E-state index is 0.216. The summed E-state index contributed by atoms with van der Waals surface area (Å²) >= 11 is 0. The Balaban J connectivity index is 0.794. The average molecular weight is 1160 g/mol. The summed E-state index contributed by atoms with van der Waals surface area (Å²) < 4.78 is 0. The van der Waals surface area contributed by atoms with Gasteiger partial charge in [-0.25, -0.2) is 0 Å². The van der Waals surface area contributed by atoms with Gasteiger partial charge in [-0.2, -0.15) is 0 Å². The lowest BCUT2D eigenvalue weighted by atomic mass is 9.73. The second-order valence-corrected chi connectivity index (χ2v) is 25.1.